The van der Waals surface area contributed by atoms with E-state index >= 15 is 0 Å². The molecule has 0 saturated heterocycles. The van der Waals surface area contributed by atoms with E-state index in [1.807, 2.05) is 0 Å². The molecular formula is C64H42N4. The van der Waals surface area contributed by atoms with Crippen molar-refractivity contribution in [3.05, 3.63) is 255 Å². The molecule has 0 spiro atoms. The number of aromatic nitrogens is 4. The Morgan fingerprint density at radius 3 is 1.50 bits per heavy atom. The number of hydrogen-bond donors (Lipinski definition) is 0. The van der Waals surface area contributed by atoms with Crippen molar-refractivity contribution < 1.29 is 0 Å². The van der Waals surface area contributed by atoms with E-state index in [1.54, 1.807) is 0 Å². The van der Waals surface area contributed by atoms with Crippen LogP contribution >= 0.6 is 0 Å². The summed E-state index contributed by atoms with van der Waals surface area (Å²) in [5.41, 5.74) is 19.6. The van der Waals surface area contributed by atoms with Gasteiger partial charge >= 0.3 is 0 Å². The molecule has 3 heterocycles. The number of benzene rings is 10. The summed E-state index contributed by atoms with van der Waals surface area (Å²) in [6, 6.07) is 91.1. The maximum Gasteiger partial charge on any atom is 0.160 e. The number of rotatable bonds is 8. The van der Waals surface area contributed by atoms with Gasteiger partial charge in [-0.1, -0.05) is 194 Å². The Morgan fingerprint density at radius 1 is 0.279 bits per heavy atom. The molecule has 10 aromatic carbocycles. The monoisotopic (exact) mass is 866 g/mol. The first kappa shape index (κ1) is 39.3. The Balaban J connectivity index is 1.04. The topological polar surface area (TPSA) is 35.6 Å². The molecule has 0 amide bonds. The highest BCUT2D eigenvalue weighted by Gasteiger charge is 2.23. The average Bonchev–Trinajstić information content (AvgIpc) is 3.94. The molecule has 0 fully saturated rings. The van der Waals surface area contributed by atoms with Crippen molar-refractivity contribution in [2.75, 3.05) is 0 Å². The zero-order chi connectivity index (χ0) is 45.0. The van der Waals surface area contributed by atoms with Crippen molar-refractivity contribution in [1.82, 2.24) is 19.1 Å². The average molecular weight is 867 g/mol. The van der Waals surface area contributed by atoms with Crippen molar-refractivity contribution in [3.63, 3.8) is 0 Å². The molecule has 3 aromatic heterocycles. The van der Waals surface area contributed by atoms with E-state index in [4.69, 9.17) is 9.97 Å². The quantitative estimate of drug-likeness (QED) is 0.153. The fourth-order valence-electron chi connectivity index (χ4n) is 10.2. The van der Waals surface area contributed by atoms with Crippen LogP contribution in [0.5, 0.6) is 0 Å². The van der Waals surface area contributed by atoms with E-state index < -0.39 is 0 Å². The van der Waals surface area contributed by atoms with Gasteiger partial charge in [-0.2, -0.15) is 0 Å². The third kappa shape index (κ3) is 6.69. The van der Waals surface area contributed by atoms with Crippen LogP contribution in [-0.2, 0) is 0 Å². The molecule has 0 saturated carbocycles. The molecule has 0 unspecified atom stereocenters. The summed E-state index contributed by atoms with van der Waals surface area (Å²) in [6.45, 7) is 0. The van der Waals surface area contributed by atoms with Crippen LogP contribution in [-0.4, -0.2) is 19.1 Å². The predicted molar refractivity (Wildman–Crippen MR) is 283 cm³/mol. The zero-order valence-corrected chi connectivity index (χ0v) is 37.0. The summed E-state index contributed by atoms with van der Waals surface area (Å²) in [5.74, 6) is 0.675. The predicted octanol–water partition coefficient (Wildman–Crippen LogP) is 16.7. The summed E-state index contributed by atoms with van der Waals surface area (Å²) < 4.78 is 4.75. The number of nitrogens with zero attached hydrogens (tertiary/aromatic N) is 4. The maximum absolute atomic E-state index is 5.59. The van der Waals surface area contributed by atoms with Crippen molar-refractivity contribution in [3.8, 4) is 78.5 Å². The standard InChI is InChI=1S/C64H42N4/c1-5-19-43(20-6-1)46-25-15-28-50(39-46)61-63-62(55-33-13-14-35-57(55)68(63)52-30-11-4-12-31-52)66-64(65-61)51-29-16-27-49(40-51)54-34-18-36-59-60(54)56-42-48(45-23-9-3-10-24-45)37-38-58(56)67(59)53-32-17-26-47(41-53)44-21-7-2-8-22-44/h1-42H. The van der Waals surface area contributed by atoms with Crippen LogP contribution < -0.4 is 0 Å². The molecule has 0 bridgehead atoms. The van der Waals surface area contributed by atoms with E-state index in [2.05, 4.69) is 264 Å². The molecule has 0 radical (unpaired) electrons. The first-order chi connectivity index (χ1) is 33.7. The third-order valence-corrected chi connectivity index (χ3v) is 13.3. The molecule has 13 aromatic rings. The van der Waals surface area contributed by atoms with Gasteiger partial charge in [-0.3, -0.25) is 0 Å². The fourth-order valence-corrected chi connectivity index (χ4v) is 10.2. The smallest absolute Gasteiger partial charge is 0.160 e. The van der Waals surface area contributed by atoms with Gasteiger partial charge in [0.25, 0.3) is 0 Å². The molecule has 13 rings (SSSR count). The summed E-state index contributed by atoms with van der Waals surface area (Å²) in [6.07, 6.45) is 0. The van der Waals surface area contributed by atoms with Crippen LogP contribution in [0.1, 0.15) is 0 Å². The number of fused-ring (bicyclic) bond motifs is 6. The second-order valence-electron chi connectivity index (χ2n) is 17.4. The first-order valence-electron chi connectivity index (χ1n) is 23.2. The number of para-hydroxylation sites is 2. The summed E-state index contributed by atoms with van der Waals surface area (Å²) in [4.78, 5) is 11.1. The Hall–Kier alpha value is -9.12. The van der Waals surface area contributed by atoms with Gasteiger partial charge in [0.15, 0.2) is 5.82 Å². The second kappa shape index (κ2) is 16.4. The maximum atomic E-state index is 5.59. The molecule has 0 aliphatic heterocycles. The van der Waals surface area contributed by atoms with E-state index in [-0.39, 0.29) is 0 Å². The minimum atomic E-state index is 0.675. The second-order valence-corrected chi connectivity index (χ2v) is 17.4. The van der Waals surface area contributed by atoms with E-state index in [0.717, 1.165) is 83.4 Å². The van der Waals surface area contributed by atoms with Crippen LogP contribution in [0.25, 0.3) is 122 Å². The van der Waals surface area contributed by atoms with Crippen LogP contribution in [0.2, 0.25) is 0 Å². The van der Waals surface area contributed by atoms with Gasteiger partial charge in [-0.15, -0.1) is 0 Å². The van der Waals surface area contributed by atoms with Gasteiger partial charge in [-0.05, 0) is 105 Å². The Labute approximate surface area is 394 Å². The summed E-state index contributed by atoms with van der Waals surface area (Å²) in [5, 5.41) is 3.47. The third-order valence-electron chi connectivity index (χ3n) is 13.3. The SMILES string of the molecule is c1ccc(-c2cccc(-c3nc(-c4cccc(-c5cccc6c5c5cc(-c7ccccc7)ccc5n6-c5cccc(-c6ccccc6)c5)c4)nc4c5ccccc5n(-c5ccccc5)c34)c2)cc1. The molecule has 0 N–H and O–H groups in total. The molecule has 318 valence electrons. The molecular weight excluding hydrogens is 825 g/mol. The van der Waals surface area contributed by atoms with Crippen molar-refractivity contribution in [1.29, 1.82) is 0 Å². The number of hydrogen-bond acceptors (Lipinski definition) is 2. The van der Waals surface area contributed by atoms with E-state index in [9.17, 15) is 0 Å². The fraction of sp³-hybridized carbons (Fsp3) is 0. The van der Waals surface area contributed by atoms with Crippen LogP contribution in [0.15, 0.2) is 255 Å². The highest BCUT2D eigenvalue weighted by atomic mass is 15.0. The zero-order valence-electron chi connectivity index (χ0n) is 37.0. The minimum absolute atomic E-state index is 0.675. The minimum Gasteiger partial charge on any atom is -0.309 e. The van der Waals surface area contributed by atoms with E-state index in [1.165, 1.54) is 33.0 Å². The molecule has 4 nitrogen and oxygen atoms in total. The van der Waals surface area contributed by atoms with Crippen LogP contribution in [0, 0.1) is 0 Å². The van der Waals surface area contributed by atoms with Crippen molar-refractivity contribution in [2.45, 2.75) is 0 Å². The summed E-state index contributed by atoms with van der Waals surface area (Å²) in [7, 11) is 0. The van der Waals surface area contributed by atoms with Gasteiger partial charge in [0.2, 0.25) is 0 Å². The van der Waals surface area contributed by atoms with Gasteiger partial charge in [-0.25, -0.2) is 9.97 Å². The lowest BCUT2D eigenvalue weighted by Gasteiger charge is -2.14. The lowest BCUT2D eigenvalue weighted by molar-refractivity contribution is 1.15. The largest absolute Gasteiger partial charge is 0.309 e. The highest BCUT2D eigenvalue weighted by molar-refractivity contribution is 6.17. The molecule has 0 aliphatic carbocycles. The van der Waals surface area contributed by atoms with Gasteiger partial charge in [0, 0.05) is 38.7 Å². The Bertz CT molecular complexity index is 4000. The van der Waals surface area contributed by atoms with E-state index in [0.29, 0.717) is 5.82 Å². The van der Waals surface area contributed by atoms with Gasteiger partial charge in [0.1, 0.15) is 5.52 Å². The van der Waals surface area contributed by atoms with Crippen molar-refractivity contribution in [2.24, 2.45) is 0 Å². The van der Waals surface area contributed by atoms with Crippen molar-refractivity contribution >= 4 is 43.7 Å². The normalized spacial score (nSPS) is 11.5. The molecule has 68 heavy (non-hydrogen) atoms. The Morgan fingerprint density at radius 2 is 0.779 bits per heavy atom. The summed E-state index contributed by atoms with van der Waals surface area (Å²) >= 11 is 0. The molecule has 4 heteroatoms. The first-order valence-corrected chi connectivity index (χ1v) is 23.2. The lowest BCUT2D eigenvalue weighted by Crippen LogP contribution is -2.00. The van der Waals surface area contributed by atoms with Crippen LogP contribution in [0.3, 0.4) is 0 Å². The lowest BCUT2D eigenvalue weighted by atomic mass is 9.96. The highest BCUT2D eigenvalue weighted by Crippen LogP contribution is 2.43. The van der Waals surface area contributed by atoms with Crippen LogP contribution in [0.4, 0.5) is 0 Å². The van der Waals surface area contributed by atoms with Gasteiger partial charge in [0.05, 0.1) is 27.8 Å². The molecule has 0 atom stereocenters. The molecule has 0 aliphatic rings. The van der Waals surface area contributed by atoms with Gasteiger partial charge < -0.3 is 9.13 Å². The Kier molecular flexibility index (Phi) is 9.47.